The second kappa shape index (κ2) is 9.55. The molecule has 9 heteroatoms. The molecule has 5 nitrogen and oxygen atoms in total. The van der Waals surface area contributed by atoms with Gasteiger partial charge in [0.2, 0.25) is 0 Å². The molecule has 1 aromatic carbocycles. The van der Waals surface area contributed by atoms with E-state index in [2.05, 4.69) is 16.8 Å². The van der Waals surface area contributed by atoms with Gasteiger partial charge in [-0.15, -0.1) is 11.8 Å². The van der Waals surface area contributed by atoms with Crippen LogP contribution in [0.1, 0.15) is 11.1 Å². The molecule has 1 fully saturated rings. The molecule has 1 saturated carbocycles. The van der Waals surface area contributed by atoms with Gasteiger partial charge in [-0.3, -0.25) is 4.79 Å². The zero-order valence-electron chi connectivity index (χ0n) is 16.1. The summed E-state index contributed by atoms with van der Waals surface area (Å²) >= 11 is 1.27. The zero-order valence-corrected chi connectivity index (χ0v) is 16.9. The fraction of sp³-hybridized carbons (Fsp3) is 0.500. The third-order valence-electron chi connectivity index (χ3n) is 4.81. The summed E-state index contributed by atoms with van der Waals surface area (Å²) in [7, 11) is 1.10. The minimum atomic E-state index is -4.76. The number of benzene rings is 1. The van der Waals surface area contributed by atoms with E-state index in [9.17, 15) is 22.8 Å². The van der Waals surface area contributed by atoms with Crippen LogP contribution in [0.25, 0.3) is 0 Å². The third kappa shape index (κ3) is 5.67. The predicted molar refractivity (Wildman–Crippen MR) is 100 cm³/mol. The molecule has 0 bridgehead atoms. The molecule has 4 atom stereocenters. The predicted octanol–water partition coefficient (Wildman–Crippen LogP) is 3.47. The van der Waals surface area contributed by atoms with Crippen LogP contribution < -0.4 is 0 Å². The van der Waals surface area contributed by atoms with E-state index in [-0.39, 0.29) is 5.75 Å². The molecule has 0 aromatic heterocycles. The maximum Gasteiger partial charge on any atom is 0.401 e. The summed E-state index contributed by atoms with van der Waals surface area (Å²) in [5.41, 5.74) is 2.12. The van der Waals surface area contributed by atoms with Crippen molar-refractivity contribution in [3.05, 3.63) is 29.3 Å². The summed E-state index contributed by atoms with van der Waals surface area (Å²) in [6.07, 6.45) is -4.12. The molecule has 1 aromatic rings. The van der Waals surface area contributed by atoms with E-state index in [1.54, 1.807) is 0 Å². The number of aliphatic carboxylic acids is 1. The van der Waals surface area contributed by atoms with Gasteiger partial charge in [0.1, 0.15) is 12.0 Å². The van der Waals surface area contributed by atoms with Crippen molar-refractivity contribution >= 4 is 23.5 Å². The number of hydrogen-bond acceptors (Lipinski definition) is 5. The standard InChI is InChI=1S/C20H21F3O5S/c1-11-4-5-13(8-12(11)2)29-10-15-14(6-7-28-9-16(24)25)19(27-3)17(18(15)26)20(21,22)23/h4-5,8,14-15,17,19H,9-10H2,1-3H3,(H,24,25)/t14?,15-,17?,19?/m1/s1. The highest BCUT2D eigenvalue weighted by Crippen LogP contribution is 2.45. The molecule has 3 unspecified atom stereocenters. The lowest BCUT2D eigenvalue weighted by Gasteiger charge is -2.21. The Balaban J connectivity index is 2.26. The number of aryl methyl sites for hydroxylation is 2. The van der Waals surface area contributed by atoms with Crippen LogP contribution >= 0.6 is 11.8 Å². The van der Waals surface area contributed by atoms with Gasteiger partial charge in [0.25, 0.3) is 0 Å². The normalized spacial score (nSPS) is 24.1. The van der Waals surface area contributed by atoms with Gasteiger partial charge in [-0.05, 0) is 37.1 Å². The van der Waals surface area contributed by atoms with Crippen LogP contribution in [0.15, 0.2) is 23.1 Å². The van der Waals surface area contributed by atoms with Crippen LogP contribution in [0.2, 0.25) is 0 Å². The summed E-state index contributed by atoms with van der Waals surface area (Å²) in [6.45, 7) is 3.16. The number of carboxylic acid groups (broad SMARTS) is 1. The van der Waals surface area contributed by atoms with E-state index in [1.807, 2.05) is 32.0 Å². The number of alkyl halides is 3. The van der Waals surface area contributed by atoms with Gasteiger partial charge in [0.05, 0.1) is 12.0 Å². The molecule has 0 saturated heterocycles. The van der Waals surface area contributed by atoms with Crippen molar-refractivity contribution in [1.82, 2.24) is 0 Å². The van der Waals surface area contributed by atoms with Crippen LogP contribution in [-0.4, -0.2) is 48.6 Å². The van der Waals surface area contributed by atoms with Crippen molar-refractivity contribution in [3.63, 3.8) is 0 Å². The fourth-order valence-corrected chi connectivity index (χ4v) is 4.37. The second-order valence-corrected chi connectivity index (χ2v) is 7.83. The highest BCUT2D eigenvalue weighted by molar-refractivity contribution is 7.99. The van der Waals surface area contributed by atoms with Gasteiger partial charge in [-0.2, -0.15) is 13.2 Å². The van der Waals surface area contributed by atoms with Gasteiger partial charge < -0.3 is 14.6 Å². The summed E-state index contributed by atoms with van der Waals surface area (Å²) in [5, 5.41) is 8.57. The molecular formula is C20H21F3O5S. The van der Waals surface area contributed by atoms with E-state index in [0.29, 0.717) is 0 Å². The molecule has 1 aliphatic carbocycles. The Bertz CT molecular complexity index is 828. The number of methoxy groups -OCH3 is 1. The number of Topliss-reactive ketones (excluding diaryl/α,β-unsaturated/α-hetero) is 1. The van der Waals surface area contributed by atoms with Gasteiger partial charge >= 0.3 is 12.1 Å². The highest BCUT2D eigenvalue weighted by Gasteiger charge is 2.60. The summed E-state index contributed by atoms with van der Waals surface area (Å²) in [4.78, 5) is 23.9. The van der Waals surface area contributed by atoms with E-state index in [4.69, 9.17) is 9.84 Å². The van der Waals surface area contributed by atoms with Crippen molar-refractivity contribution < 1.29 is 37.3 Å². The first kappa shape index (κ1) is 23.1. The lowest BCUT2D eigenvalue weighted by Crippen LogP contribution is -2.37. The number of ketones is 1. The first-order chi connectivity index (χ1) is 13.6. The Hall–Kier alpha value is -2.18. The van der Waals surface area contributed by atoms with Crippen molar-refractivity contribution in [1.29, 1.82) is 0 Å². The molecule has 0 aliphatic heterocycles. The van der Waals surface area contributed by atoms with Crippen LogP contribution in [0.5, 0.6) is 0 Å². The first-order valence-corrected chi connectivity index (χ1v) is 9.72. The molecule has 0 spiro atoms. The van der Waals surface area contributed by atoms with E-state index in [1.165, 1.54) is 11.8 Å². The third-order valence-corrected chi connectivity index (χ3v) is 5.93. The lowest BCUT2D eigenvalue weighted by atomic mass is 9.97. The smallest absolute Gasteiger partial charge is 0.401 e. The maximum atomic E-state index is 13.5. The van der Waals surface area contributed by atoms with Crippen molar-refractivity contribution in [3.8, 4) is 12.0 Å². The summed E-state index contributed by atoms with van der Waals surface area (Å²) in [6, 6.07) is 5.66. The Kier molecular flexibility index (Phi) is 7.60. The number of hydrogen-bond donors (Lipinski definition) is 1. The van der Waals surface area contributed by atoms with Crippen LogP contribution in [0.3, 0.4) is 0 Å². The van der Waals surface area contributed by atoms with E-state index >= 15 is 0 Å². The molecule has 0 amide bonds. The van der Waals surface area contributed by atoms with Gasteiger partial charge in [0.15, 0.2) is 12.4 Å². The quantitative estimate of drug-likeness (QED) is 0.551. The van der Waals surface area contributed by atoms with Gasteiger partial charge in [0, 0.05) is 23.7 Å². The largest absolute Gasteiger partial charge is 0.479 e. The number of ether oxygens (including phenoxy) is 2. The van der Waals surface area contributed by atoms with E-state index in [0.717, 1.165) is 23.1 Å². The summed E-state index contributed by atoms with van der Waals surface area (Å²) in [5.74, 6) is -4.04. The minimum absolute atomic E-state index is 0.0893. The van der Waals surface area contributed by atoms with Crippen molar-refractivity contribution in [2.24, 2.45) is 17.8 Å². The Labute approximate surface area is 170 Å². The van der Waals surface area contributed by atoms with Gasteiger partial charge in [-0.25, -0.2) is 4.79 Å². The Morgan fingerprint density at radius 3 is 2.52 bits per heavy atom. The minimum Gasteiger partial charge on any atom is -0.479 e. The zero-order chi connectivity index (χ0) is 21.8. The number of carboxylic acids is 1. The molecule has 2 rings (SSSR count). The lowest BCUT2D eigenvalue weighted by molar-refractivity contribution is -0.198. The van der Waals surface area contributed by atoms with E-state index < -0.39 is 48.4 Å². The fourth-order valence-electron chi connectivity index (χ4n) is 3.20. The van der Waals surface area contributed by atoms with Crippen molar-refractivity contribution in [2.45, 2.75) is 31.0 Å². The highest BCUT2D eigenvalue weighted by atomic mass is 32.2. The van der Waals surface area contributed by atoms with Crippen molar-refractivity contribution in [2.75, 3.05) is 19.5 Å². The summed E-state index contributed by atoms with van der Waals surface area (Å²) < 4.78 is 50.1. The Morgan fingerprint density at radius 1 is 1.28 bits per heavy atom. The SMILES string of the molecule is COC1C(C#COCC(=O)O)[C@@H](CSc2ccc(C)c(C)c2)C(=O)C1C(F)(F)F. The molecule has 1 aliphatic rings. The average molecular weight is 430 g/mol. The molecule has 1 N–H and O–H groups in total. The average Bonchev–Trinajstić information content (AvgIpc) is 2.90. The molecule has 158 valence electrons. The maximum absolute atomic E-state index is 13.5. The van der Waals surface area contributed by atoms with Crippen LogP contribution in [-0.2, 0) is 19.1 Å². The van der Waals surface area contributed by atoms with Crippen LogP contribution in [0, 0.1) is 43.6 Å². The molecule has 0 heterocycles. The number of rotatable bonds is 6. The molecular weight excluding hydrogens is 409 g/mol. The molecule has 0 radical (unpaired) electrons. The number of carbonyl (C=O) groups excluding carboxylic acids is 1. The monoisotopic (exact) mass is 430 g/mol. The number of thioether (sulfide) groups is 1. The second-order valence-electron chi connectivity index (χ2n) is 6.74. The number of carbonyl (C=O) groups is 2. The topological polar surface area (TPSA) is 72.8 Å². The van der Waals surface area contributed by atoms with Crippen LogP contribution in [0.4, 0.5) is 13.2 Å². The Morgan fingerprint density at radius 2 is 1.97 bits per heavy atom. The number of halogens is 3. The first-order valence-electron chi connectivity index (χ1n) is 8.73. The van der Waals surface area contributed by atoms with Gasteiger partial charge in [-0.1, -0.05) is 12.0 Å². The molecule has 29 heavy (non-hydrogen) atoms.